The number of nitrogens with zero attached hydrogens (tertiary/aromatic N) is 3. The number of hydrogen-bond acceptors (Lipinski definition) is 4. The average molecular weight is 309 g/mol. The lowest BCUT2D eigenvalue weighted by Gasteiger charge is -2.26. The van der Waals surface area contributed by atoms with Crippen LogP contribution >= 0.6 is 0 Å². The first-order valence-electron chi connectivity index (χ1n) is 8.18. The van der Waals surface area contributed by atoms with Gasteiger partial charge in [-0.25, -0.2) is 28.1 Å². The normalized spacial score (nSPS) is 20.9. The van der Waals surface area contributed by atoms with Crippen LogP contribution in [-0.2, 0) is 24.4 Å². The minimum atomic E-state index is -0.496. The molecule has 7 nitrogen and oxygen atoms in total. The second kappa shape index (κ2) is 6.24. The third-order valence-corrected chi connectivity index (χ3v) is 4.57. The molecular formula is C15H23N3O4. The highest BCUT2D eigenvalue weighted by Crippen LogP contribution is 2.26. The summed E-state index contributed by atoms with van der Waals surface area (Å²) in [6.07, 6.45) is 4.81. The summed E-state index contributed by atoms with van der Waals surface area (Å²) in [6.45, 7) is 3.61. The van der Waals surface area contributed by atoms with Gasteiger partial charge in [0.05, 0.1) is 19.3 Å². The maximum Gasteiger partial charge on any atom is 0.336 e. The molecule has 1 aromatic heterocycles. The van der Waals surface area contributed by atoms with Crippen molar-refractivity contribution in [1.29, 1.82) is 0 Å². The van der Waals surface area contributed by atoms with Crippen molar-refractivity contribution in [1.82, 2.24) is 13.7 Å². The van der Waals surface area contributed by atoms with Gasteiger partial charge in [0.25, 0.3) is 0 Å². The number of ether oxygens (including phenoxy) is 1. The maximum atomic E-state index is 12.5. The van der Waals surface area contributed by atoms with E-state index in [0.717, 1.165) is 32.1 Å². The van der Waals surface area contributed by atoms with Crippen LogP contribution in [0.2, 0.25) is 0 Å². The van der Waals surface area contributed by atoms with Crippen LogP contribution < -0.4 is 17.1 Å². The molecule has 0 N–H and O–H groups in total. The molecule has 1 aliphatic heterocycles. The van der Waals surface area contributed by atoms with E-state index >= 15 is 0 Å². The van der Waals surface area contributed by atoms with E-state index in [1.54, 1.807) is 0 Å². The fourth-order valence-corrected chi connectivity index (χ4v) is 2.81. The minimum absolute atomic E-state index is 0.0697. The predicted octanol–water partition coefficient (Wildman–Crippen LogP) is 0.171. The number of aromatic nitrogens is 3. The molecule has 0 bridgehead atoms. The summed E-state index contributed by atoms with van der Waals surface area (Å²) in [5.41, 5.74) is -1.43. The zero-order valence-electron chi connectivity index (χ0n) is 13.0. The predicted molar refractivity (Wildman–Crippen MR) is 81.2 cm³/mol. The monoisotopic (exact) mass is 309 g/mol. The number of unbranched alkanes of at least 4 members (excludes halogenated alkanes) is 1. The maximum absolute atomic E-state index is 12.5. The largest absolute Gasteiger partial charge is 0.371 e. The summed E-state index contributed by atoms with van der Waals surface area (Å²) >= 11 is 0. The Labute approximate surface area is 128 Å². The van der Waals surface area contributed by atoms with Gasteiger partial charge in [-0.2, -0.15) is 0 Å². The average Bonchev–Trinajstić information content (AvgIpc) is 3.25. The lowest BCUT2D eigenvalue weighted by atomic mass is 9.85. The fraction of sp³-hybridized carbons (Fsp3) is 0.800. The SMILES string of the molecule is CCCCn1c(=O)n(CC2CCC2)c(=O)n(CC2CO2)c1=O. The van der Waals surface area contributed by atoms with Gasteiger partial charge in [-0.15, -0.1) is 0 Å². The van der Waals surface area contributed by atoms with E-state index in [1.807, 2.05) is 6.92 Å². The number of rotatable bonds is 7. The molecule has 2 heterocycles. The Bertz CT molecular complexity index is 707. The van der Waals surface area contributed by atoms with Crippen molar-refractivity contribution in [3.8, 4) is 0 Å². The highest BCUT2D eigenvalue weighted by atomic mass is 16.6. The Morgan fingerprint density at radius 2 is 1.59 bits per heavy atom. The standard InChI is InChI=1S/C15H23N3O4/c1-2-3-7-16-13(19)17(8-11-5-4-6-11)15(21)18(14(16)20)9-12-10-22-12/h11-12H,2-10H2,1H3. The molecule has 1 saturated heterocycles. The van der Waals surface area contributed by atoms with Gasteiger partial charge in [0.1, 0.15) is 0 Å². The molecule has 1 saturated carbocycles. The van der Waals surface area contributed by atoms with Gasteiger partial charge >= 0.3 is 17.1 Å². The zero-order valence-corrected chi connectivity index (χ0v) is 13.0. The van der Waals surface area contributed by atoms with Crippen molar-refractivity contribution in [2.24, 2.45) is 5.92 Å². The van der Waals surface area contributed by atoms with Crippen molar-refractivity contribution < 1.29 is 4.74 Å². The van der Waals surface area contributed by atoms with Crippen molar-refractivity contribution in [2.75, 3.05) is 6.61 Å². The van der Waals surface area contributed by atoms with Gasteiger partial charge in [-0.1, -0.05) is 19.8 Å². The molecule has 122 valence electrons. The van der Waals surface area contributed by atoms with Crippen LogP contribution in [-0.4, -0.2) is 26.4 Å². The molecule has 1 aliphatic carbocycles. The van der Waals surface area contributed by atoms with Gasteiger partial charge in [-0.3, -0.25) is 0 Å². The molecule has 2 fully saturated rings. The van der Waals surface area contributed by atoms with Crippen LogP contribution in [0.5, 0.6) is 0 Å². The van der Waals surface area contributed by atoms with E-state index < -0.39 is 17.1 Å². The number of epoxide rings is 1. The van der Waals surface area contributed by atoms with E-state index in [9.17, 15) is 14.4 Å². The molecule has 2 aliphatic rings. The quantitative estimate of drug-likeness (QED) is 0.673. The summed E-state index contributed by atoms with van der Waals surface area (Å²) in [6, 6.07) is 0. The molecule has 0 spiro atoms. The summed E-state index contributed by atoms with van der Waals surface area (Å²) in [7, 11) is 0. The van der Waals surface area contributed by atoms with Crippen LogP contribution in [0.4, 0.5) is 0 Å². The van der Waals surface area contributed by atoms with E-state index in [1.165, 1.54) is 13.7 Å². The Kier molecular flexibility index (Phi) is 4.33. The van der Waals surface area contributed by atoms with Crippen LogP contribution in [0.15, 0.2) is 14.4 Å². The van der Waals surface area contributed by atoms with Crippen LogP contribution in [0.25, 0.3) is 0 Å². The van der Waals surface area contributed by atoms with Crippen molar-refractivity contribution in [3.05, 3.63) is 31.5 Å². The van der Waals surface area contributed by atoms with Gasteiger partial charge < -0.3 is 4.74 Å². The highest BCUT2D eigenvalue weighted by molar-refractivity contribution is 4.84. The van der Waals surface area contributed by atoms with Crippen molar-refractivity contribution in [3.63, 3.8) is 0 Å². The second-order valence-electron chi connectivity index (χ2n) is 6.33. The minimum Gasteiger partial charge on any atom is -0.371 e. The Morgan fingerprint density at radius 3 is 2.09 bits per heavy atom. The summed E-state index contributed by atoms with van der Waals surface area (Å²) < 4.78 is 8.77. The highest BCUT2D eigenvalue weighted by Gasteiger charge is 2.27. The number of hydrogen-bond donors (Lipinski definition) is 0. The molecular weight excluding hydrogens is 286 g/mol. The molecule has 7 heteroatoms. The van der Waals surface area contributed by atoms with E-state index in [-0.39, 0.29) is 12.6 Å². The lowest BCUT2D eigenvalue weighted by molar-refractivity contribution is 0.257. The lowest BCUT2D eigenvalue weighted by Crippen LogP contribution is -2.55. The van der Waals surface area contributed by atoms with E-state index in [0.29, 0.717) is 25.6 Å². The molecule has 1 aromatic rings. The van der Waals surface area contributed by atoms with Crippen LogP contribution in [0.1, 0.15) is 39.0 Å². The molecule has 0 amide bonds. The van der Waals surface area contributed by atoms with Crippen LogP contribution in [0, 0.1) is 5.92 Å². The summed E-state index contributed by atoms with van der Waals surface area (Å²) in [4.78, 5) is 37.5. The zero-order chi connectivity index (χ0) is 15.7. The smallest absolute Gasteiger partial charge is 0.336 e. The molecule has 3 rings (SSSR count). The van der Waals surface area contributed by atoms with Crippen molar-refractivity contribution in [2.45, 2.75) is 64.8 Å². The Balaban J connectivity index is 2.03. The third-order valence-electron chi connectivity index (χ3n) is 4.57. The second-order valence-corrected chi connectivity index (χ2v) is 6.33. The van der Waals surface area contributed by atoms with Gasteiger partial charge in [0.2, 0.25) is 0 Å². The first-order valence-corrected chi connectivity index (χ1v) is 8.18. The van der Waals surface area contributed by atoms with Gasteiger partial charge in [0.15, 0.2) is 0 Å². The summed E-state index contributed by atoms with van der Waals surface area (Å²) in [5.74, 6) is 0.383. The molecule has 1 atom stereocenters. The van der Waals surface area contributed by atoms with Crippen molar-refractivity contribution >= 4 is 0 Å². The Morgan fingerprint density at radius 1 is 1.00 bits per heavy atom. The van der Waals surface area contributed by atoms with Crippen LogP contribution in [0.3, 0.4) is 0 Å². The molecule has 22 heavy (non-hydrogen) atoms. The van der Waals surface area contributed by atoms with E-state index in [4.69, 9.17) is 4.74 Å². The summed E-state index contributed by atoms with van der Waals surface area (Å²) in [5, 5.41) is 0. The topological polar surface area (TPSA) is 78.5 Å². The first-order chi connectivity index (χ1) is 10.6. The third kappa shape index (κ3) is 2.95. The molecule has 0 radical (unpaired) electrons. The molecule has 1 unspecified atom stereocenters. The fourth-order valence-electron chi connectivity index (χ4n) is 2.81. The van der Waals surface area contributed by atoms with Gasteiger partial charge in [-0.05, 0) is 25.2 Å². The molecule has 0 aromatic carbocycles. The Hall–Kier alpha value is -1.63. The first kappa shape index (κ1) is 15.3. The van der Waals surface area contributed by atoms with Gasteiger partial charge in [0, 0.05) is 13.1 Å². The van der Waals surface area contributed by atoms with E-state index in [2.05, 4.69) is 0 Å².